The molecule has 2 N–H and O–H groups in total. The number of carbonyl (C=O) groups excluding carboxylic acids is 1. The molecular formula is C20H23BN2O5. The average molecular weight is 382 g/mol. The van der Waals surface area contributed by atoms with Gasteiger partial charge in [-0.25, -0.2) is 4.79 Å². The molecule has 1 atom stereocenters. The standard InChI is InChI=1S/C20H23BN2O5/c1-12(2)18(20(25)26)23(10-15-6-4-5-9-22-15)19(24)16-8-7-14-11-28-21(27)17(14)13(16)3/h4-9,12,18,27H,10-11H2,1-3H3,(H,25,26)/t18-/m0/s1. The minimum absolute atomic E-state index is 0.0738. The molecule has 1 aliphatic rings. The first kappa shape index (κ1) is 20.0. The van der Waals surface area contributed by atoms with Crippen molar-refractivity contribution < 1.29 is 24.4 Å². The fourth-order valence-electron chi connectivity index (χ4n) is 3.63. The zero-order valence-electron chi connectivity index (χ0n) is 16.1. The summed E-state index contributed by atoms with van der Waals surface area (Å²) in [6.07, 6.45) is 1.61. The van der Waals surface area contributed by atoms with E-state index in [0.29, 0.717) is 22.3 Å². The fraction of sp³-hybridized carbons (Fsp3) is 0.350. The van der Waals surface area contributed by atoms with Gasteiger partial charge in [-0.3, -0.25) is 9.78 Å². The largest absolute Gasteiger partial charge is 0.492 e. The van der Waals surface area contributed by atoms with E-state index in [4.69, 9.17) is 4.65 Å². The van der Waals surface area contributed by atoms with Crippen LogP contribution in [-0.4, -0.2) is 45.1 Å². The van der Waals surface area contributed by atoms with Crippen LogP contribution in [0.15, 0.2) is 36.5 Å². The second kappa shape index (κ2) is 8.12. The SMILES string of the molecule is Cc1c(C(=O)N(Cc2ccccn2)[C@H](C(=O)O)C(C)C)ccc2c1B(O)OC2. The van der Waals surface area contributed by atoms with Crippen molar-refractivity contribution in [1.29, 1.82) is 0 Å². The number of carbonyl (C=O) groups is 2. The molecule has 0 saturated heterocycles. The highest BCUT2D eigenvalue weighted by Crippen LogP contribution is 2.22. The van der Waals surface area contributed by atoms with Crippen LogP contribution in [0.2, 0.25) is 0 Å². The molecule has 0 radical (unpaired) electrons. The van der Waals surface area contributed by atoms with Crippen LogP contribution < -0.4 is 5.46 Å². The van der Waals surface area contributed by atoms with E-state index in [1.165, 1.54) is 4.90 Å². The number of amides is 1. The number of rotatable bonds is 6. The van der Waals surface area contributed by atoms with Crippen LogP contribution in [0.5, 0.6) is 0 Å². The highest BCUT2D eigenvalue weighted by molar-refractivity contribution is 6.62. The summed E-state index contributed by atoms with van der Waals surface area (Å²) in [7, 11) is -1.08. The van der Waals surface area contributed by atoms with Gasteiger partial charge in [-0.05, 0) is 47.6 Å². The third kappa shape index (κ3) is 3.79. The number of hydrogen-bond acceptors (Lipinski definition) is 5. The summed E-state index contributed by atoms with van der Waals surface area (Å²) in [5.41, 5.74) is 2.97. The molecule has 3 rings (SSSR count). The summed E-state index contributed by atoms with van der Waals surface area (Å²) < 4.78 is 5.25. The van der Waals surface area contributed by atoms with Crippen LogP contribution in [0, 0.1) is 12.8 Å². The second-order valence-corrected chi connectivity index (χ2v) is 7.26. The predicted octanol–water partition coefficient (Wildman–Crippen LogP) is 1.36. The van der Waals surface area contributed by atoms with Gasteiger partial charge < -0.3 is 19.7 Å². The molecule has 1 aromatic heterocycles. The number of benzene rings is 1. The van der Waals surface area contributed by atoms with Gasteiger partial charge in [-0.2, -0.15) is 0 Å². The monoisotopic (exact) mass is 382 g/mol. The first-order chi connectivity index (χ1) is 13.3. The number of aromatic nitrogens is 1. The summed E-state index contributed by atoms with van der Waals surface area (Å²) in [5.74, 6) is -1.78. The maximum Gasteiger partial charge on any atom is 0.492 e. The van der Waals surface area contributed by atoms with E-state index in [1.54, 1.807) is 57.3 Å². The van der Waals surface area contributed by atoms with Gasteiger partial charge in [0, 0.05) is 11.8 Å². The summed E-state index contributed by atoms with van der Waals surface area (Å²) in [5, 5.41) is 19.9. The van der Waals surface area contributed by atoms with Crippen molar-refractivity contribution in [1.82, 2.24) is 9.88 Å². The molecule has 1 amide bonds. The molecule has 146 valence electrons. The minimum Gasteiger partial charge on any atom is -0.480 e. The molecule has 1 aromatic carbocycles. The minimum atomic E-state index is -1.08. The van der Waals surface area contributed by atoms with Gasteiger partial charge in [0.1, 0.15) is 6.04 Å². The fourth-order valence-corrected chi connectivity index (χ4v) is 3.63. The maximum absolute atomic E-state index is 13.4. The van der Waals surface area contributed by atoms with E-state index in [9.17, 15) is 19.7 Å². The summed E-state index contributed by atoms with van der Waals surface area (Å²) >= 11 is 0. The lowest BCUT2D eigenvalue weighted by molar-refractivity contribution is -0.144. The molecule has 0 unspecified atom stereocenters. The molecule has 2 heterocycles. The van der Waals surface area contributed by atoms with E-state index in [0.717, 1.165) is 5.56 Å². The lowest BCUT2D eigenvalue weighted by atomic mass is 9.75. The van der Waals surface area contributed by atoms with Gasteiger partial charge in [0.05, 0.1) is 18.8 Å². The average Bonchev–Trinajstić information content (AvgIpc) is 3.03. The predicted molar refractivity (Wildman–Crippen MR) is 104 cm³/mol. The number of hydrogen-bond donors (Lipinski definition) is 2. The number of nitrogens with zero attached hydrogens (tertiary/aromatic N) is 2. The summed E-state index contributed by atoms with van der Waals surface area (Å²) in [6, 6.07) is 7.72. The molecule has 0 saturated carbocycles. The zero-order valence-corrected chi connectivity index (χ0v) is 16.1. The van der Waals surface area contributed by atoms with Crippen molar-refractivity contribution in [2.45, 2.75) is 40.0 Å². The molecule has 0 aliphatic carbocycles. The molecule has 8 heteroatoms. The Hall–Kier alpha value is -2.71. The van der Waals surface area contributed by atoms with Crippen LogP contribution >= 0.6 is 0 Å². The van der Waals surface area contributed by atoms with Crippen molar-refractivity contribution in [3.63, 3.8) is 0 Å². The Labute approximate surface area is 164 Å². The van der Waals surface area contributed by atoms with Gasteiger partial charge >= 0.3 is 13.1 Å². The Kier molecular flexibility index (Phi) is 5.81. The van der Waals surface area contributed by atoms with Gasteiger partial charge in [0.2, 0.25) is 0 Å². The van der Waals surface area contributed by atoms with Crippen LogP contribution in [0.25, 0.3) is 0 Å². The van der Waals surface area contributed by atoms with E-state index in [2.05, 4.69) is 4.98 Å². The quantitative estimate of drug-likeness (QED) is 0.732. The lowest BCUT2D eigenvalue weighted by Crippen LogP contribution is -2.48. The summed E-state index contributed by atoms with van der Waals surface area (Å²) in [4.78, 5) is 31.0. The van der Waals surface area contributed by atoms with Crippen molar-refractivity contribution in [3.05, 3.63) is 58.9 Å². The highest BCUT2D eigenvalue weighted by atomic mass is 16.5. The lowest BCUT2D eigenvalue weighted by Gasteiger charge is -2.32. The molecule has 0 fully saturated rings. The van der Waals surface area contributed by atoms with Crippen LogP contribution in [0.4, 0.5) is 0 Å². The molecular weight excluding hydrogens is 359 g/mol. The van der Waals surface area contributed by atoms with Crippen molar-refractivity contribution >= 4 is 24.5 Å². The Balaban J connectivity index is 2.04. The first-order valence-electron chi connectivity index (χ1n) is 9.17. The van der Waals surface area contributed by atoms with E-state index < -0.39 is 25.0 Å². The first-order valence-corrected chi connectivity index (χ1v) is 9.17. The van der Waals surface area contributed by atoms with Crippen LogP contribution in [0.1, 0.15) is 41.0 Å². The van der Waals surface area contributed by atoms with Crippen molar-refractivity contribution in [2.75, 3.05) is 0 Å². The highest BCUT2D eigenvalue weighted by Gasteiger charge is 2.36. The number of carboxylic acid groups (broad SMARTS) is 1. The number of fused-ring (bicyclic) bond motifs is 1. The molecule has 0 spiro atoms. The van der Waals surface area contributed by atoms with Crippen molar-refractivity contribution in [3.8, 4) is 0 Å². The van der Waals surface area contributed by atoms with E-state index in [1.807, 2.05) is 0 Å². The topological polar surface area (TPSA) is 100.0 Å². The molecule has 0 bridgehead atoms. The Morgan fingerprint density at radius 2 is 2.04 bits per heavy atom. The molecule has 1 aliphatic heterocycles. The third-order valence-electron chi connectivity index (χ3n) is 5.02. The van der Waals surface area contributed by atoms with Gasteiger partial charge in [-0.1, -0.05) is 26.0 Å². The van der Waals surface area contributed by atoms with Gasteiger partial charge in [0.25, 0.3) is 5.91 Å². The smallest absolute Gasteiger partial charge is 0.480 e. The van der Waals surface area contributed by atoms with Crippen LogP contribution in [-0.2, 0) is 22.6 Å². The Morgan fingerprint density at radius 3 is 2.64 bits per heavy atom. The van der Waals surface area contributed by atoms with Gasteiger partial charge in [0.15, 0.2) is 0 Å². The van der Waals surface area contributed by atoms with Gasteiger partial charge in [-0.15, -0.1) is 0 Å². The number of carboxylic acids is 1. The second-order valence-electron chi connectivity index (χ2n) is 7.26. The maximum atomic E-state index is 13.4. The normalized spacial score (nSPS) is 14.1. The zero-order chi connectivity index (χ0) is 20.4. The third-order valence-corrected chi connectivity index (χ3v) is 5.02. The molecule has 28 heavy (non-hydrogen) atoms. The Bertz CT molecular complexity index is 888. The number of pyridine rings is 1. The molecule has 2 aromatic rings. The van der Waals surface area contributed by atoms with E-state index in [-0.39, 0.29) is 19.1 Å². The summed E-state index contributed by atoms with van der Waals surface area (Å²) in [6.45, 7) is 5.64. The number of aliphatic carboxylic acids is 1. The Morgan fingerprint density at radius 1 is 1.29 bits per heavy atom. The molecule has 7 nitrogen and oxygen atoms in total. The van der Waals surface area contributed by atoms with Crippen LogP contribution in [0.3, 0.4) is 0 Å². The van der Waals surface area contributed by atoms with E-state index >= 15 is 0 Å². The van der Waals surface area contributed by atoms with Crippen molar-refractivity contribution in [2.24, 2.45) is 5.92 Å².